The van der Waals surface area contributed by atoms with Gasteiger partial charge in [-0.15, -0.1) is 0 Å². The molecule has 0 aromatic carbocycles. The predicted molar refractivity (Wildman–Crippen MR) is 99.8 cm³/mol. The van der Waals surface area contributed by atoms with Crippen molar-refractivity contribution >= 4 is 11.6 Å². The second kappa shape index (κ2) is 6.27. The number of rotatable bonds is 6. The van der Waals surface area contributed by atoms with Gasteiger partial charge in [-0.2, -0.15) is 0 Å². The summed E-state index contributed by atoms with van der Waals surface area (Å²) in [4.78, 5) is 21.0. The Labute approximate surface area is 163 Å². The third kappa shape index (κ3) is 3.32. The minimum atomic E-state index is -2.68. The van der Waals surface area contributed by atoms with Crippen LogP contribution in [0.4, 0.5) is 14.5 Å². The monoisotopic (exact) mass is 392 g/mol. The van der Waals surface area contributed by atoms with Gasteiger partial charge in [0, 0.05) is 19.1 Å². The number of nitrogens with two attached hydrogens (primary N) is 1. The third-order valence-electron chi connectivity index (χ3n) is 6.50. The Balaban J connectivity index is 1.38. The van der Waals surface area contributed by atoms with E-state index < -0.39 is 5.92 Å². The molecule has 1 aromatic rings. The molecule has 3 heterocycles. The quantitative estimate of drug-likeness (QED) is 0.804. The molecule has 0 radical (unpaired) electrons. The summed E-state index contributed by atoms with van der Waals surface area (Å²) in [6, 6.07) is 3.36. The Bertz CT molecular complexity index is 786. The van der Waals surface area contributed by atoms with Crippen LogP contribution in [-0.2, 0) is 0 Å². The van der Waals surface area contributed by atoms with E-state index in [-0.39, 0.29) is 36.3 Å². The highest BCUT2D eigenvalue weighted by Crippen LogP contribution is 2.54. The summed E-state index contributed by atoms with van der Waals surface area (Å²) < 4.78 is 32.5. The Morgan fingerprint density at radius 3 is 2.61 bits per heavy atom. The Morgan fingerprint density at radius 1 is 1.25 bits per heavy atom. The molecule has 4 fully saturated rings. The van der Waals surface area contributed by atoms with Crippen molar-refractivity contribution in [1.29, 1.82) is 0 Å². The van der Waals surface area contributed by atoms with Crippen LogP contribution in [0.15, 0.2) is 12.1 Å². The van der Waals surface area contributed by atoms with E-state index in [1.54, 1.807) is 17.0 Å². The molecule has 2 N–H and O–H groups in total. The summed E-state index contributed by atoms with van der Waals surface area (Å²) in [5.41, 5.74) is 7.01. The summed E-state index contributed by atoms with van der Waals surface area (Å²) in [5.74, 6) is -2.03. The lowest BCUT2D eigenvalue weighted by molar-refractivity contribution is -0.0265. The maximum Gasteiger partial charge on any atom is 0.282 e. The van der Waals surface area contributed by atoms with Crippen LogP contribution in [0.1, 0.15) is 42.6 Å². The van der Waals surface area contributed by atoms with Crippen molar-refractivity contribution < 1.29 is 18.3 Å². The topological polar surface area (TPSA) is 71.7 Å². The van der Waals surface area contributed by atoms with Crippen molar-refractivity contribution in [3.63, 3.8) is 0 Å². The molecule has 1 atom stereocenters. The van der Waals surface area contributed by atoms with Gasteiger partial charge in [-0.05, 0) is 55.6 Å². The van der Waals surface area contributed by atoms with Crippen LogP contribution in [0.5, 0.6) is 5.88 Å². The molecule has 0 bridgehead atoms. The highest BCUT2D eigenvalue weighted by molar-refractivity contribution is 5.93. The lowest BCUT2D eigenvalue weighted by Gasteiger charge is -2.40. The second-order valence-corrected chi connectivity index (χ2v) is 9.01. The molecule has 1 aromatic heterocycles. The van der Waals surface area contributed by atoms with Crippen LogP contribution in [0, 0.1) is 11.3 Å². The van der Waals surface area contributed by atoms with Gasteiger partial charge in [0.2, 0.25) is 5.88 Å². The first-order valence-electron chi connectivity index (χ1n) is 10.2. The molecule has 1 amide bonds. The minimum Gasteiger partial charge on any atom is -0.476 e. The number of anilines is 1. The largest absolute Gasteiger partial charge is 0.476 e. The van der Waals surface area contributed by atoms with Crippen molar-refractivity contribution in [3.05, 3.63) is 17.8 Å². The van der Waals surface area contributed by atoms with Gasteiger partial charge in [-0.1, -0.05) is 0 Å². The summed E-state index contributed by atoms with van der Waals surface area (Å²) >= 11 is 0. The highest BCUT2D eigenvalue weighted by atomic mass is 19.3. The van der Waals surface area contributed by atoms with Gasteiger partial charge >= 0.3 is 0 Å². The number of aromatic nitrogens is 1. The fraction of sp³-hybridized carbons (Fsp3) is 0.700. The van der Waals surface area contributed by atoms with Crippen LogP contribution in [0.25, 0.3) is 0 Å². The second-order valence-electron chi connectivity index (χ2n) is 9.01. The van der Waals surface area contributed by atoms with Crippen LogP contribution < -0.4 is 15.4 Å². The molecule has 2 aliphatic carbocycles. The zero-order valence-electron chi connectivity index (χ0n) is 15.9. The summed E-state index contributed by atoms with van der Waals surface area (Å²) in [6.07, 6.45) is 5.49. The van der Waals surface area contributed by atoms with Gasteiger partial charge in [-0.3, -0.25) is 4.79 Å². The number of pyridine rings is 1. The summed E-state index contributed by atoms with van der Waals surface area (Å²) in [5, 5.41) is 0. The third-order valence-corrected chi connectivity index (χ3v) is 6.50. The van der Waals surface area contributed by atoms with Gasteiger partial charge < -0.3 is 20.3 Å². The number of carbonyl (C=O) groups is 1. The van der Waals surface area contributed by atoms with Crippen LogP contribution in [-0.4, -0.2) is 60.5 Å². The van der Waals surface area contributed by atoms with E-state index in [2.05, 4.69) is 4.98 Å². The Hall–Kier alpha value is -1.96. The molecule has 4 aliphatic rings. The Kier molecular flexibility index (Phi) is 4.05. The first kappa shape index (κ1) is 18.1. The molecule has 5 rings (SSSR count). The highest BCUT2D eigenvalue weighted by Gasteiger charge is 2.53. The smallest absolute Gasteiger partial charge is 0.282 e. The van der Waals surface area contributed by atoms with E-state index in [0.29, 0.717) is 30.5 Å². The standard InChI is InChI=1S/C20H26F2N4O2/c21-20(22)11-25(12-20)16-4-3-15(24-17(16)28-9-13-1-2-13)18(27)26-10-19(5-6-19)7-14(26)8-23/h3-4,13-14H,1-2,5-12,23H2. The zero-order chi connectivity index (χ0) is 19.5. The molecule has 2 aliphatic heterocycles. The van der Waals surface area contributed by atoms with Crippen molar-refractivity contribution in [2.24, 2.45) is 17.1 Å². The first-order chi connectivity index (χ1) is 13.4. The average molecular weight is 392 g/mol. The number of hydrogen-bond acceptors (Lipinski definition) is 5. The van der Waals surface area contributed by atoms with E-state index in [9.17, 15) is 13.6 Å². The van der Waals surface area contributed by atoms with E-state index in [0.717, 1.165) is 38.6 Å². The molecule has 8 heteroatoms. The number of likely N-dealkylation sites (tertiary alicyclic amines) is 1. The maximum absolute atomic E-state index is 13.3. The van der Waals surface area contributed by atoms with Crippen LogP contribution in [0.3, 0.4) is 0 Å². The number of hydrogen-bond donors (Lipinski definition) is 1. The van der Waals surface area contributed by atoms with Crippen molar-refractivity contribution in [2.75, 3.05) is 37.7 Å². The lowest BCUT2D eigenvalue weighted by Crippen LogP contribution is -2.56. The molecule has 1 spiro atoms. The van der Waals surface area contributed by atoms with Crippen LogP contribution in [0.2, 0.25) is 0 Å². The molecule has 152 valence electrons. The fourth-order valence-corrected chi connectivity index (χ4v) is 4.36. The van der Waals surface area contributed by atoms with Gasteiger partial charge in [0.05, 0.1) is 19.7 Å². The number of carbonyl (C=O) groups excluding carboxylic acids is 1. The van der Waals surface area contributed by atoms with Gasteiger partial charge in [0.15, 0.2) is 0 Å². The molecule has 6 nitrogen and oxygen atoms in total. The van der Waals surface area contributed by atoms with Gasteiger partial charge in [-0.25, -0.2) is 13.8 Å². The zero-order valence-corrected chi connectivity index (χ0v) is 15.9. The van der Waals surface area contributed by atoms with E-state index in [4.69, 9.17) is 10.5 Å². The van der Waals surface area contributed by atoms with Gasteiger partial charge in [0.1, 0.15) is 11.4 Å². The van der Waals surface area contributed by atoms with Gasteiger partial charge in [0.25, 0.3) is 11.8 Å². The van der Waals surface area contributed by atoms with E-state index in [1.807, 2.05) is 4.90 Å². The van der Waals surface area contributed by atoms with Crippen molar-refractivity contribution in [3.8, 4) is 5.88 Å². The number of alkyl halides is 2. The van der Waals surface area contributed by atoms with E-state index >= 15 is 0 Å². The molecular formula is C20H26F2N4O2. The average Bonchev–Trinajstić information content (AvgIpc) is 3.56. The fourth-order valence-electron chi connectivity index (χ4n) is 4.36. The SMILES string of the molecule is NCC1CC2(CC2)CN1C(=O)c1ccc(N2CC(F)(F)C2)c(OCC2CC2)n1. The number of ether oxygens (including phenoxy) is 1. The van der Waals surface area contributed by atoms with Crippen LogP contribution >= 0.6 is 0 Å². The summed E-state index contributed by atoms with van der Waals surface area (Å²) in [7, 11) is 0. The molecular weight excluding hydrogens is 366 g/mol. The number of amides is 1. The maximum atomic E-state index is 13.3. The molecule has 2 saturated carbocycles. The first-order valence-corrected chi connectivity index (χ1v) is 10.2. The number of halogens is 2. The Morgan fingerprint density at radius 2 is 2.00 bits per heavy atom. The molecule has 1 unspecified atom stereocenters. The summed E-state index contributed by atoms with van der Waals surface area (Å²) in [6.45, 7) is 1.00. The lowest BCUT2D eigenvalue weighted by atomic mass is 10.0. The van der Waals surface area contributed by atoms with Crippen molar-refractivity contribution in [1.82, 2.24) is 9.88 Å². The number of nitrogens with zero attached hydrogens (tertiary/aromatic N) is 3. The normalized spacial score (nSPS) is 27.0. The van der Waals surface area contributed by atoms with Crippen molar-refractivity contribution in [2.45, 2.75) is 44.1 Å². The minimum absolute atomic E-state index is 0.0429. The molecule has 2 saturated heterocycles. The predicted octanol–water partition coefficient (Wildman–Crippen LogP) is 2.28. The molecule has 28 heavy (non-hydrogen) atoms. The van der Waals surface area contributed by atoms with E-state index in [1.165, 1.54) is 0 Å².